The smallest absolute Gasteiger partial charge is 0.243 e. The topological polar surface area (TPSA) is 49.4 Å². The van der Waals surface area contributed by atoms with Crippen LogP contribution in [0.15, 0.2) is 72.8 Å². The van der Waals surface area contributed by atoms with Gasteiger partial charge in [0.25, 0.3) is 0 Å². The van der Waals surface area contributed by atoms with Crippen LogP contribution in [0.5, 0.6) is 0 Å². The SMILES string of the molecule is CCCCNC(=O)C(Cc1ccccc1)N(Cc1ccccc1F)C(=O)Cc1c(F)cccc1Cl. The summed E-state index contributed by atoms with van der Waals surface area (Å²) in [6.45, 7) is 2.33. The van der Waals surface area contributed by atoms with E-state index in [2.05, 4.69) is 5.32 Å². The Labute approximate surface area is 209 Å². The largest absolute Gasteiger partial charge is 0.354 e. The van der Waals surface area contributed by atoms with Gasteiger partial charge in [0.1, 0.15) is 17.7 Å². The number of nitrogens with zero attached hydrogens (tertiary/aromatic N) is 1. The van der Waals surface area contributed by atoms with Gasteiger partial charge in [0, 0.05) is 35.7 Å². The lowest BCUT2D eigenvalue weighted by Crippen LogP contribution is -2.51. The average molecular weight is 499 g/mol. The molecular formula is C28H29ClF2N2O2. The van der Waals surface area contributed by atoms with E-state index in [1.54, 1.807) is 18.2 Å². The second-order valence-corrected chi connectivity index (χ2v) is 8.75. The van der Waals surface area contributed by atoms with E-state index in [-0.39, 0.29) is 41.4 Å². The van der Waals surface area contributed by atoms with Gasteiger partial charge in [0.15, 0.2) is 0 Å². The molecule has 0 spiro atoms. The average Bonchev–Trinajstić information content (AvgIpc) is 2.85. The summed E-state index contributed by atoms with van der Waals surface area (Å²) in [4.78, 5) is 28.3. The Bertz CT molecular complexity index is 1120. The summed E-state index contributed by atoms with van der Waals surface area (Å²) < 4.78 is 29.1. The third-order valence-corrected chi connectivity index (χ3v) is 6.14. The van der Waals surface area contributed by atoms with E-state index in [9.17, 15) is 18.4 Å². The van der Waals surface area contributed by atoms with Crippen LogP contribution in [0.1, 0.15) is 36.5 Å². The molecule has 184 valence electrons. The summed E-state index contributed by atoms with van der Waals surface area (Å²) in [5, 5.41) is 3.02. The molecule has 0 bridgehead atoms. The zero-order chi connectivity index (χ0) is 25.2. The molecule has 35 heavy (non-hydrogen) atoms. The lowest BCUT2D eigenvalue weighted by Gasteiger charge is -2.32. The van der Waals surface area contributed by atoms with Gasteiger partial charge in [0.05, 0.1) is 6.42 Å². The lowest BCUT2D eigenvalue weighted by molar-refractivity contribution is -0.140. The van der Waals surface area contributed by atoms with Gasteiger partial charge in [-0.15, -0.1) is 0 Å². The maximum Gasteiger partial charge on any atom is 0.243 e. The van der Waals surface area contributed by atoms with Crippen LogP contribution in [0, 0.1) is 11.6 Å². The third-order valence-electron chi connectivity index (χ3n) is 5.79. The van der Waals surface area contributed by atoms with E-state index in [0.29, 0.717) is 6.54 Å². The van der Waals surface area contributed by atoms with Crippen LogP contribution in [0.25, 0.3) is 0 Å². The quantitative estimate of drug-likeness (QED) is 0.344. The Morgan fingerprint density at radius 2 is 1.63 bits per heavy atom. The molecule has 0 saturated carbocycles. The van der Waals surface area contributed by atoms with Crippen molar-refractivity contribution in [3.8, 4) is 0 Å². The predicted octanol–water partition coefficient (Wildman–Crippen LogP) is 5.72. The third kappa shape index (κ3) is 7.36. The number of halogens is 3. The minimum Gasteiger partial charge on any atom is -0.354 e. The predicted molar refractivity (Wildman–Crippen MR) is 134 cm³/mol. The van der Waals surface area contributed by atoms with E-state index < -0.39 is 23.6 Å². The summed E-state index contributed by atoms with van der Waals surface area (Å²) in [5.74, 6) is -1.96. The number of benzene rings is 3. The highest BCUT2D eigenvalue weighted by molar-refractivity contribution is 6.31. The van der Waals surface area contributed by atoms with Crippen LogP contribution in [-0.4, -0.2) is 29.3 Å². The summed E-state index contributed by atoms with van der Waals surface area (Å²) >= 11 is 6.17. The first-order valence-electron chi connectivity index (χ1n) is 11.7. The minimum atomic E-state index is -0.924. The van der Waals surface area contributed by atoms with E-state index in [4.69, 9.17) is 11.6 Å². The monoisotopic (exact) mass is 498 g/mol. The number of unbranched alkanes of at least 4 members (excludes halogenated alkanes) is 1. The van der Waals surface area contributed by atoms with E-state index in [0.717, 1.165) is 18.4 Å². The molecule has 0 aromatic heterocycles. The zero-order valence-electron chi connectivity index (χ0n) is 19.6. The first-order valence-corrected chi connectivity index (χ1v) is 12.1. The molecule has 1 N–H and O–H groups in total. The van der Waals surface area contributed by atoms with Crippen molar-refractivity contribution in [2.24, 2.45) is 0 Å². The van der Waals surface area contributed by atoms with Crippen LogP contribution in [0.2, 0.25) is 5.02 Å². The molecule has 0 fully saturated rings. The first kappa shape index (κ1) is 26.4. The molecule has 0 saturated heterocycles. The highest BCUT2D eigenvalue weighted by atomic mass is 35.5. The molecule has 0 aliphatic rings. The van der Waals surface area contributed by atoms with Gasteiger partial charge in [-0.25, -0.2) is 8.78 Å². The van der Waals surface area contributed by atoms with Gasteiger partial charge >= 0.3 is 0 Å². The Morgan fingerprint density at radius 3 is 2.31 bits per heavy atom. The maximum absolute atomic E-state index is 14.6. The summed E-state index contributed by atoms with van der Waals surface area (Å²) in [6.07, 6.45) is 1.56. The summed E-state index contributed by atoms with van der Waals surface area (Å²) in [5.41, 5.74) is 1.15. The Morgan fingerprint density at radius 1 is 0.943 bits per heavy atom. The fourth-order valence-electron chi connectivity index (χ4n) is 3.82. The van der Waals surface area contributed by atoms with Crippen LogP contribution in [-0.2, 0) is 29.0 Å². The highest BCUT2D eigenvalue weighted by Gasteiger charge is 2.31. The molecule has 1 atom stereocenters. The van der Waals surface area contributed by atoms with Crippen LogP contribution in [0.4, 0.5) is 8.78 Å². The molecule has 3 rings (SSSR count). The summed E-state index contributed by atoms with van der Waals surface area (Å²) in [7, 11) is 0. The van der Waals surface area contributed by atoms with Gasteiger partial charge in [-0.3, -0.25) is 9.59 Å². The normalized spacial score (nSPS) is 11.7. The molecule has 0 aliphatic heterocycles. The van der Waals surface area contributed by atoms with Crippen LogP contribution < -0.4 is 5.32 Å². The second-order valence-electron chi connectivity index (χ2n) is 8.34. The van der Waals surface area contributed by atoms with Crippen molar-refractivity contribution in [2.75, 3.05) is 6.54 Å². The Balaban J connectivity index is 1.99. The fraction of sp³-hybridized carbons (Fsp3) is 0.286. The molecular weight excluding hydrogens is 470 g/mol. The molecule has 2 amide bonds. The number of carbonyl (C=O) groups excluding carboxylic acids is 2. The molecule has 0 aliphatic carbocycles. The first-order chi connectivity index (χ1) is 16.9. The Kier molecular flexibility index (Phi) is 9.79. The zero-order valence-corrected chi connectivity index (χ0v) is 20.4. The fourth-order valence-corrected chi connectivity index (χ4v) is 4.05. The van der Waals surface area contributed by atoms with Gasteiger partial charge in [0.2, 0.25) is 11.8 Å². The molecule has 1 unspecified atom stereocenters. The summed E-state index contributed by atoms with van der Waals surface area (Å²) in [6, 6.07) is 18.7. The number of rotatable bonds is 11. The molecule has 0 heterocycles. The molecule has 7 heteroatoms. The number of hydrogen-bond acceptors (Lipinski definition) is 2. The number of amides is 2. The molecule has 3 aromatic carbocycles. The number of carbonyl (C=O) groups is 2. The van der Waals surface area contributed by atoms with Gasteiger partial charge in [-0.2, -0.15) is 0 Å². The van der Waals surface area contributed by atoms with Crippen molar-refractivity contribution < 1.29 is 18.4 Å². The van der Waals surface area contributed by atoms with Gasteiger partial charge in [-0.1, -0.05) is 79.5 Å². The van der Waals surface area contributed by atoms with Crippen molar-refractivity contribution in [3.63, 3.8) is 0 Å². The van der Waals surface area contributed by atoms with Gasteiger partial charge < -0.3 is 10.2 Å². The molecule has 4 nitrogen and oxygen atoms in total. The van der Waals surface area contributed by atoms with E-state index in [1.165, 1.54) is 29.2 Å². The van der Waals surface area contributed by atoms with Crippen LogP contribution >= 0.6 is 11.6 Å². The van der Waals surface area contributed by atoms with Gasteiger partial charge in [-0.05, 0) is 30.2 Å². The standard InChI is InChI=1S/C28H29ClF2N2O2/c1-2-3-16-32-28(35)26(17-20-10-5-4-6-11-20)33(19-21-12-7-8-14-24(21)30)27(34)18-22-23(29)13-9-15-25(22)31/h4-15,26H,2-3,16-19H2,1H3,(H,32,35). The van der Waals surface area contributed by atoms with Crippen molar-refractivity contribution in [1.82, 2.24) is 10.2 Å². The van der Waals surface area contributed by atoms with Crippen molar-refractivity contribution >= 4 is 23.4 Å². The van der Waals surface area contributed by atoms with E-state index >= 15 is 0 Å². The van der Waals surface area contributed by atoms with Crippen LogP contribution in [0.3, 0.4) is 0 Å². The number of hydrogen-bond donors (Lipinski definition) is 1. The molecule has 3 aromatic rings. The lowest BCUT2D eigenvalue weighted by atomic mass is 10.0. The minimum absolute atomic E-state index is 0.0440. The molecule has 0 radical (unpaired) electrons. The van der Waals surface area contributed by atoms with Crippen molar-refractivity contribution in [2.45, 2.75) is 45.2 Å². The van der Waals surface area contributed by atoms with Crippen molar-refractivity contribution in [3.05, 3.63) is 106 Å². The maximum atomic E-state index is 14.6. The number of nitrogens with one attached hydrogen (secondary N) is 1. The Hall–Kier alpha value is -3.25. The van der Waals surface area contributed by atoms with E-state index in [1.807, 2.05) is 37.3 Å². The van der Waals surface area contributed by atoms with Crippen molar-refractivity contribution in [1.29, 1.82) is 0 Å². The second kappa shape index (κ2) is 13.0. The highest BCUT2D eigenvalue weighted by Crippen LogP contribution is 2.23.